The van der Waals surface area contributed by atoms with Crippen LogP contribution in [0.4, 0.5) is 11.4 Å². The van der Waals surface area contributed by atoms with E-state index in [9.17, 15) is 4.79 Å². The van der Waals surface area contributed by atoms with Crippen LogP contribution in [0.1, 0.15) is 47.7 Å². The molecule has 3 aromatic carbocycles. The maximum atomic E-state index is 14.1. The summed E-state index contributed by atoms with van der Waals surface area (Å²) in [5.41, 5.74) is 5.35. The molecule has 2 aliphatic heterocycles. The van der Waals surface area contributed by atoms with Gasteiger partial charge < -0.3 is 19.9 Å². The molecule has 38 heavy (non-hydrogen) atoms. The number of carbonyl (C=O) groups excluding carboxylic acids is 1. The lowest BCUT2D eigenvalue weighted by atomic mass is 10.1. The number of hydrogen-bond donors (Lipinski definition) is 1. The van der Waals surface area contributed by atoms with Crippen molar-refractivity contribution in [3.63, 3.8) is 0 Å². The fourth-order valence-corrected chi connectivity index (χ4v) is 5.50. The smallest absolute Gasteiger partial charge is 0.254 e. The monoisotopic (exact) mass is 512 g/mol. The molecule has 0 aromatic heterocycles. The van der Waals surface area contributed by atoms with Crippen molar-refractivity contribution in [3.8, 4) is 5.75 Å². The largest absolute Gasteiger partial charge is 0.492 e. The fourth-order valence-electron chi connectivity index (χ4n) is 5.50. The number of carbonyl (C=O) groups is 1. The van der Waals surface area contributed by atoms with Crippen molar-refractivity contribution >= 4 is 17.3 Å². The molecule has 0 unspecified atom stereocenters. The van der Waals surface area contributed by atoms with E-state index in [0.29, 0.717) is 19.7 Å². The summed E-state index contributed by atoms with van der Waals surface area (Å²) in [5.74, 6) is 0.939. The first-order chi connectivity index (χ1) is 18.7. The zero-order valence-electron chi connectivity index (χ0n) is 22.6. The number of nitrogens with one attached hydrogen (secondary N) is 1. The number of amides is 1. The minimum atomic E-state index is 0.0715. The molecule has 1 amide bonds. The summed E-state index contributed by atoms with van der Waals surface area (Å²) in [5, 5.41) is 3.62. The predicted molar refractivity (Wildman–Crippen MR) is 155 cm³/mol. The van der Waals surface area contributed by atoms with Gasteiger partial charge in [-0.25, -0.2) is 0 Å². The second kappa shape index (κ2) is 12.8. The lowest BCUT2D eigenvalue weighted by Crippen LogP contribution is -2.38. The Kier molecular flexibility index (Phi) is 8.82. The number of nitrogens with zero attached hydrogens (tertiary/aromatic N) is 3. The van der Waals surface area contributed by atoms with Gasteiger partial charge in [0.2, 0.25) is 0 Å². The molecule has 0 radical (unpaired) electrons. The van der Waals surface area contributed by atoms with Gasteiger partial charge in [-0.3, -0.25) is 9.69 Å². The fraction of sp³-hybridized carbons (Fsp3) is 0.406. The molecule has 0 atom stereocenters. The van der Waals surface area contributed by atoms with Crippen molar-refractivity contribution in [1.29, 1.82) is 0 Å². The van der Waals surface area contributed by atoms with Crippen molar-refractivity contribution in [1.82, 2.24) is 9.80 Å². The number of fused-ring (bicyclic) bond motifs is 1. The van der Waals surface area contributed by atoms with Crippen LogP contribution in [0.25, 0.3) is 0 Å². The summed E-state index contributed by atoms with van der Waals surface area (Å²) in [4.78, 5) is 20.9. The molecule has 1 saturated heterocycles. The molecule has 1 N–H and O–H groups in total. The van der Waals surface area contributed by atoms with Gasteiger partial charge in [0.15, 0.2) is 0 Å². The highest BCUT2D eigenvalue weighted by Crippen LogP contribution is 2.33. The van der Waals surface area contributed by atoms with Crippen LogP contribution in [-0.2, 0) is 13.1 Å². The molecular formula is C32H40N4O2. The minimum absolute atomic E-state index is 0.0715. The Morgan fingerprint density at radius 3 is 2.47 bits per heavy atom. The zero-order valence-corrected chi connectivity index (χ0v) is 22.6. The lowest BCUT2D eigenvalue weighted by Gasteiger charge is -2.28. The third kappa shape index (κ3) is 6.48. The van der Waals surface area contributed by atoms with E-state index in [0.717, 1.165) is 73.9 Å². The predicted octanol–water partition coefficient (Wildman–Crippen LogP) is 5.65. The zero-order chi connectivity index (χ0) is 26.2. The Balaban J connectivity index is 1.42. The van der Waals surface area contributed by atoms with Gasteiger partial charge in [0.05, 0.1) is 12.3 Å². The van der Waals surface area contributed by atoms with E-state index in [1.165, 1.54) is 18.4 Å². The van der Waals surface area contributed by atoms with E-state index in [1.54, 1.807) is 0 Å². The highest BCUT2D eigenvalue weighted by atomic mass is 16.5. The van der Waals surface area contributed by atoms with Crippen molar-refractivity contribution in [2.24, 2.45) is 0 Å². The average molecular weight is 513 g/mol. The molecule has 200 valence electrons. The summed E-state index contributed by atoms with van der Waals surface area (Å²) in [7, 11) is 0. The molecule has 6 nitrogen and oxygen atoms in total. The van der Waals surface area contributed by atoms with Gasteiger partial charge in [-0.05, 0) is 61.6 Å². The Labute approximate surface area is 227 Å². The van der Waals surface area contributed by atoms with E-state index < -0.39 is 0 Å². The standard InChI is InChI=1S/C32H40N4O2/c1-2-38-31-16-15-27(23-30(31)35-19-8-9-20-35)32(37)36-22-21-34(24-26-11-4-3-5-12-26)18-10-17-33-29-14-7-6-13-28(29)25-36/h3-7,11-16,23,33H,2,8-10,17-22,24-25H2,1H3. The summed E-state index contributed by atoms with van der Waals surface area (Å²) < 4.78 is 5.95. The molecule has 2 heterocycles. The summed E-state index contributed by atoms with van der Waals surface area (Å²) in [6, 6.07) is 25.0. The SMILES string of the molecule is CCOc1ccc(C(=O)N2CCN(Cc3ccccc3)CCCNc3ccccc3C2)cc1N1CCCC1. The van der Waals surface area contributed by atoms with Crippen molar-refractivity contribution in [3.05, 3.63) is 89.5 Å². The first-order valence-electron chi connectivity index (χ1n) is 14.1. The Hall–Kier alpha value is -3.51. The second-order valence-corrected chi connectivity index (χ2v) is 10.2. The average Bonchev–Trinajstić information content (AvgIpc) is 3.48. The number of rotatable bonds is 6. The summed E-state index contributed by atoms with van der Waals surface area (Å²) in [6.45, 7) is 9.50. The molecule has 3 aromatic rings. The molecule has 0 spiro atoms. The quantitative estimate of drug-likeness (QED) is 0.463. The highest BCUT2D eigenvalue weighted by molar-refractivity contribution is 5.96. The highest BCUT2D eigenvalue weighted by Gasteiger charge is 2.23. The van der Waals surface area contributed by atoms with Crippen LogP contribution in [0.15, 0.2) is 72.8 Å². The molecule has 0 aliphatic carbocycles. The van der Waals surface area contributed by atoms with Crippen molar-refractivity contribution < 1.29 is 9.53 Å². The molecule has 1 fully saturated rings. The normalized spacial score (nSPS) is 16.9. The Morgan fingerprint density at radius 2 is 1.66 bits per heavy atom. The van der Waals surface area contributed by atoms with Gasteiger partial charge in [0.25, 0.3) is 5.91 Å². The number of para-hydroxylation sites is 1. The van der Waals surface area contributed by atoms with Gasteiger partial charge in [-0.1, -0.05) is 48.5 Å². The topological polar surface area (TPSA) is 48.1 Å². The first kappa shape index (κ1) is 26.1. The van der Waals surface area contributed by atoms with Crippen LogP contribution in [-0.4, -0.2) is 61.6 Å². The maximum Gasteiger partial charge on any atom is 0.254 e. The van der Waals surface area contributed by atoms with Crippen molar-refractivity contribution in [2.45, 2.75) is 39.3 Å². The van der Waals surface area contributed by atoms with Gasteiger partial charge in [-0.2, -0.15) is 0 Å². The van der Waals surface area contributed by atoms with Gasteiger partial charge >= 0.3 is 0 Å². The Bertz CT molecular complexity index is 1190. The molecule has 0 saturated carbocycles. The minimum Gasteiger partial charge on any atom is -0.492 e. The third-order valence-electron chi connectivity index (χ3n) is 7.52. The third-order valence-corrected chi connectivity index (χ3v) is 7.52. The molecule has 0 bridgehead atoms. The van der Waals surface area contributed by atoms with Gasteiger partial charge in [-0.15, -0.1) is 0 Å². The number of anilines is 2. The van der Waals surface area contributed by atoms with Crippen LogP contribution in [0.5, 0.6) is 5.75 Å². The van der Waals surface area contributed by atoms with E-state index in [1.807, 2.05) is 24.0 Å². The van der Waals surface area contributed by atoms with Gasteiger partial charge in [0, 0.05) is 63.6 Å². The van der Waals surface area contributed by atoms with Gasteiger partial charge in [0.1, 0.15) is 5.75 Å². The molecule has 5 rings (SSSR count). The van der Waals surface area contributed by atoms with Crippen LogP contribution < -0.4 is 15.0 Å². The molecule has 2 aliphatic rings. The number of ether oxygens (including phenoxy) is 1. The van der Waals surface area contributed by atoms with Crippen LogP contribution in [0.3, 0.4) is 0 Å². The first-order valence-corrected chi connectivity index (χ1v) is 14.1. The summed E-state index contributed by atoms with van der Waals surface area (Å²) in [6.07, 6.45) is 3.40. The maximum absolute atomic E-state index is 14.1. The van der Waals surface area contributed by atoms with Crippen LogP contribution in [0.2, 0.25) is 0 Å². The number of benzene rings is 3. The van der Waals surface area contributed by atoms with Crippen LogP contribution in [0, 0.1) is 0 Å². The molecule has 6 heteroatoms. The van der Waals surface area contributed by atoms with E-state index in [-0.39, 0.29) is 5.91 Å². The van der Waals surface area contributed by atoms with E-state index >= 15 is 0 Å². The van der Waals surface area contributed by atoms with E-state index in [4.69, 9.17) is 4.74 Å². The van der Waals surface area contributed by atoms with Crippen molar-refractivity contribution in [2.75, 3.05) is 56.1 Å². The number of hydrogen-bond acceptors (Lipinski definition) is 5. The summed E-state index contributed by atoms with van der Waals surface area (Å²) >= 11 is 0. The second-order valence-electron chi connectivity index (χ2n) is 10.2. The lowest BCUT2D eigenvalue weighted by molar-refractivity contribution is 0.0720. The van der Waals surface area contributed by atoms with Crippen LogP contribution >= 0.6 is 0 Å². The Morgan fingerprint density at radius 1 is 0.868 bits per heavy atom. The molecular weight excluding hydrogens is 472 g/mol. The van der Waals surface area contributed by atoms with E-state index in [2.05, 4.69) is 75.8 Å².